The molecule has 1 unspecified atom stereocenters. The Morgan fingerprint density at radius 2 is 2.38 bits per heavy atom. The van der Waals surface area contributed by atoms with Gasteiger partial charge in [0.05, 0.1) is 17.9 Å². The fourth-order valence-corrected chi connectivity index (χ4v) is 1.16. The standard InChI is InChI=1S/C9H13FN2O/c1-11-8(4-5-13)9-3-2-7(10)6-12-9/h2-3,6,8,11,13H,4-5H2,1H3. The van der Waals surface area contributed by atoms with Crippen molar-refractivity contribution in [1.29, 1.82) is 0 Å². The summed E-state index contributed by atoms with van der Waals surface area (Å²) < 4.78 is 12.5. The summed E-state index contributed by atoms with van der Waals surface area (Å²) in [6.07, 6.45) is 1.76. The van der Waals surface area contributed by atoms with Crippen LogP contribution in [0.3, 0.4) is 0 Å². The summed E-state index contributed by atoms with van der Waals surface area (Å²) in [5.41, 5.74) is 0.748. The van der Waals surface area contributed by atoms with Crippen molar-refractivity contribution in [3.05, 3.63) is 29.8 Å². The van der Waals surface area contributed by atoms with Crippen LogP contribution in [0.25, 0.3) is 0 Å². The van der Waals surface area contributed by atoms with Gasteiger partial charge in [-0.3, -0.25) is 4.98 Å². The minimum absolute atomic E-state index is 0.00870. The molecule has 4 heteroatoms. The topological polar surface area (TPSA) is 45.1 Å². The highest BCUT2D eigenvalue weighted by molar-refractivity contribution is 5.09. The van der Waals surface area contributed by atoms with Gasteiger partial charge in [-0.15, -0.1) is 0 Å². The van der Waals surface area contributed by atoms with Crippen LogP contribution >= 0.6 is 0 Å². The van der Waals surface area contributed by atoms with Gasteiger partial charge in [-0.1, -0.05) is 0 Å². The van der Waals surface area contributed by atoms with E-state index in [4.69, 9.17) is 5.11 Å². The van der Waals surface area contributed by atoms with Gasteiger partial charge < -0.3 is 10.4 Å². The van der Waals surface area contributed by atoms with Gasteiger partial charge in [0.1, 0.15) is 5.82 Å². The van der Waals surface area contributed by atoms with Crippen molar-refractivity contribution in [1.82, 2.24) is 10.3 Å². The molecule has 3 nitrogen and oxygen atoms in total. The summed E-state index contributed by atoms with van der Waals surface area (Å²) in [6.45, 7) is 0.0879. The Labute approximate surface area is 76.6 Å². The first kappa shape index (κ1) is 10.1. The minimum Gasteiger partial charge on any atom is -0.396 e. The van der Waals surface area contributed by atoms with Gasteiger partial charge in [0.15, 0.2) is 0 Å². The molecule has 0 spiro atoms. The maximum atomic E-state index is 12.5. The predicted octanol–water partition coefficient (Wildman–Crippen LogP) is 0.864. The molecule has 1 aromatic heterocycles. The zero-order chi connectivity index (χ0) is 9.68. The highest BCUT2D eigenvalue weighted by atomic mass is 19.1. The van der Waals surface area contributed by atoms with Crippen LogP contribution in [-0.4, -0.2) is 23.7 Å². The molecule has 72 valence electrons. The third-order valence-electron chi connectivity index (χ3n) is 1.87. The Morgan fingerprint density at radius 3 is 2.85 bits per heavy atom. The highest BCUT2D eigenvalue weighted by Gasteiger charge is 2.08. The van der Waals surface area contributed by atoms with Gasteiger partial charge in [-0.05, 0) is 25.6 Å². The molecule has 1 aromatic rings. The molecule has 0 aromatic carbocycles. The van der Waals surface area contributed by atoms with Crippen LogP contribution in [0.5, 0.6) is 0 Å². The molecule has 0 amide bonds. The van der Waals surface area contributed by atoms with Crippen molar-refractivity contribution in [3.8, 4) is 0 Å². The van der Waals surface area contributed by atoms with Gasteiger partial charge in [0.25, 0.3) is 0 Å². The minimum atomic E-state index is -0.345. The third kappa shape index (κ3) is 2.75. The summed E-state index contributed by atoms with van der Waals surface area (Å²) in [6, 6.07) is 2.97. The maximum absolute atomic E-state index is 12.5. The van der Waals surface area contributed by atoms with Crippen molar-refractivity contribution in [2.45, 2.75) is 12.5 Å². The Bertz CT molecular complexity index is 250. The quantitative estimate of drug-likeness (QED) is 0.729. The van der Waals surface area contributed by atoms with Gasteiger partial charge in [-0.2, -0.15) is 0 Å². The van der Waals surface area contributed by atoms with E-state index in [9.17, 15) is 4.39 Å². The number of aliphatic hydroxyl groups excluding tert-OH is 1. The van der Waals surface area contributed by atoms with E-state index >= 15 is 0 Å². The number of hydrogen-bond acceptors (Lipinski definition) is 3. The molecule has 0 aliphatic carbocycles. The molecular formula is C9H13FN2O. The SMILES string of the molecule is CNC(CCO)c1ccc(F)cn1. The first-order valence-electron chi connectivity index (χ1n) is 4.17. The Balaban J connectivity index is 2.73. The summed E-state index contributed by atoms with van der Waals surface area (Å²) >= 11 is 0. The molecule has 0 radical (unpaired) electrons. The largest absolute Gasteiger partial charge is 0.396 e. The smallest absolute Gasteiger partial charge is 0.141 e. The number of nitrogens with one attached hydrogen (secondary N) is 1. The molecule has 13 heavy (non-hydrogen) atoms. The Hall–Kier alpha value is -1.00. The molecule has 1 atom stereocenters. The summed E-state index contributed by atoms with van der Waals surface area (Å²) in [5, 5.41) is 11.7. The van der Waals surface area contributed by atoms with E-state index in [0.717, 1.165) is 5.69 Å². The number of aromatic nitrogens is 1. The monoisotopic (exact) mass is 184 g/mol. The lowest BCUT2D eigenvalue weighted by Crippen LogP contribution is -2.18. The zero-order valence-electron chi connectivity index (χ0n) is 7.50. The Kier molecular flexibility index (Phi) is 3.79. The average Bonchev–Trinajstić information content (AvgIpc) is 2.16. The van der Waals surface area contributed by atoms with Gasteiger partial charge in [0.2, 0.25) is 0 Å². The number of pyridine rings is 1. The van der Waals surface area contributed by atoms with E-state index in [-0.39, 0.29) is 18.5 Å². The van der Waals surface area contributed by atoms with Gasteiger partial charge in [-0.25, -0.2) is 4.39 Å². The van der Waals surface area contributed by atoms with Crippen LogP contribution in [0.2, 0.25) is 0 Å². The lowest BCUT2D eigenvalue weighted by atomic mass is 10.1. The fraction of sp³-hybridized carbons (Fsp3) is 0.444. The van der Waals surface area contributed by atoms with Crippen molar-refractivity contribution in [2.24, 2.45) is 0 Å². The third-order valence-corrected chi connectivity index (χ3v) is 1.87. The second kappa shape index (κ2) is 4.89. The van der Waals surface area contributed by atoms with E-state index in [1.807, 2.05) is 0 Å². The average molecular weight is 184 g/mol. The number of hydrogen-bond donors (Lipinski definition) is 2. The summed E-state index contributed by atoms with van der Waals surface area (Å²) in [7, 11) is 1.78. The van der Waals surface area contributed by atoms with Gasteiger partial charge >= 0.3 is 0 Å². The van der Waals surface area contributed by atoms with Crippen LogP contribution < -0.4 is 5.32 Å². The lowest BCUT2D eigenvalue weighted by Gasteiger charge is -2.13. The summed E-state index contributed by atoms with van der Waals surface area (Å²) in [4.78, 5) is 3.92. The highest BCUT2D eigenvalue weighted by Crippen LogP contribution is 2.12. The van der Waals surface area contributed by atoms with Crippen LogP contribution in [0, 0.1) is 5.82 Å². The second-order valence-electron chi connectivity index (χ2n) is 2.75. The molecule has 0 saturated carbocycles. The molecule has 1 heterocycles. The fourth-order valence-electron chi connectivity index (χ4n) is 1.16. The maximum Gasteiger partial charge on any atom is 0.141 e. The normalized spacial score (nSPS) is 12.8. The van der Waals surface area contributed by atoms with Gasteiger partial charge in [0, 0.05) is 6.61 Å². The van der Waals surface area contributed by atoms with Crippen molar-refractivity contribution < 1.29 is 9.50 Å². The number of rotatable bonds is 4. The second-order valence-corrected chi connectivity index (χ2v) is 2.75. The van der Waals surface area contributed by atoms with Crippen LogP contribution in [0.15, 0.2) is 18.3 Å². The molecule has 0 bridgehead atoms. The van der Waals surface area contributed by atoms with E-state index < -0.39 is 0 Å². The molecule has 0 fully saturated rings. The van der Waals surface area contributed by atoms with Crippen molar-refractivity contribution in [2.75, 3.05) is 13.7 Å². The number of nitrogens with zero attached hydrogens (tertiary/aromatic N) is 1. The predicted molar refractivity (Wildman–Crippen MR) is 47.7 cm³/mol. The van der Waals surface area contributed by atoms with Crippen LogP contribution in [0.4, 0.5) is 4.39 Å². The lowest BCUT2D eigenvalue weighted by molar-refractivity contribution is 0.267. The van der Waals surface area contributed by atoms with Crippen molar-refractivity contribution in [3.63, 3.8) is 0 Å². The summed E-state index contributed by atoms with van der Waals surface area (Å²) in [5.74, 6) is -0.345. The molecular weight excluding hydrogens is 171 g/mol. The Morgan fingerprint density at radius 1 is 1.62 bits per heavy atom. The first-order valence-corrected chi connectivity index (χ1v) is 4.17. The van der Waals surface area contributed by atoms with E-state index in [1.54, 1.807) is 13.1 Å². The number of aliphatic hydroxyl groups is 1. The molecule has 2 N–H and O–H groups in total. The molecule has 0 aliphatic rings. The van der Waals surface area contributed by atoms with E-state index in [1.165, 1.54) is 12.3 Å². The molecule has 1 rings (SSSR count). The van der Waals surface area contributed by atoms with E-state index in [0.29, 0.717) is 6.42 Å². The van der Waals surface area contributed by atoms with Crippen molar-refractivity contribution >= 4 is 0 Å². The van der Waals surface area contributed by atoms with E-state index in [2.05, 4.69) is 10.3 Å². The van der Waals surface area contributed by atoms with Crippen LogP contribution in [-0.2, 0) is 0 Å². The first-order chi connectivity index (χ1) is 6.27. The van der Waals surface area contributed by atoms with Crippen LogP contribution in [0.1, 0.15) is 18.2 Å². The molecule has 0 saturated heterocycles. The number of halogens is 1. The zero-order valence-corrected chi connectivity index (χ0v) is 7.50. The molecule has 0 aliphatic heterocycles.